The molecule has 0 saturated heterocycles. The van der Waals surface area contributed by atoms with Gasteiger partial charge in [0.15, 0.2) is 16.7 Å². The number of nitrogens with one attached hydrogen (secondary N) is 3. The maximum Gasteiger partial charge on any atom is 0.278 e. The molecule has 2 amide bonds. The third-order valence-corrected chi connectivity index (χ3v) is 3.93. The molecule has 0 aliphatic heterocycles. The van der Waals surface area contributed by atoms with Crippen LogP contribution in [0.25, 0.3) is 0 Å². The van der Waals surface area contributed by atoms with Gasteiger partial charge in [-0.15, -0.1) is 0 Å². The molecule has 0 aromatic carbocycles. The zero-order valence-electron chi connectivity index (χ0n) is 15.6. The Labute approximate surface area is 169 Å². The van der Waals surface area contributed by atoms with Crippen molar-refractivity contribution in [1.82, 2.24) is 35.0 Å². The van der Waals surface area contributed by atoms with E-state index >= 15 is 0 Å². The molecule has 0 fully saturated rings. The molecular formula is C16H16ClN9O3. The van der Waals surface area contributed by atoms with Crippen LogP contribution in [0.2, 0.25) is 5.15 Å². The van der Waals surface area contributed by atoms with Crippen molar-refractivity contribution >= 4 is 40.6 Å². The maximum absolute atomic E-state index is 12.9. The van der Waals surface area contributed by atoms with Gasteiger partial charge in [0.2, 0.25) is 0 Å². The van der Waals surface area contributed by atoms with Gasteiger partial charge in [0.1, 0.15) is 12.0 Å². The Kier molecular flexibility index (Phi) is 5.83. The van der Waals surface area contributed by atoms with Crippen molar-refractivity contribution in [3.05, 3.63) is 41.5 Å². The molecule has 12 nitrogen and oxygen atoms in total. The van der Waals surface area contributed by atoms with Gasteiger partial charge in [-0.1, -0.05) is 11.6 Å². The average Bonchev–Trinajstić information content (AvgIpc) is 3.09. The van der Waals surface area contributed by atoms with Gasteiger partial charge < -0.3 is 20.7 Å². The number of ether oxygens (including phenoxy) is 1. The van der Waals surface area contributed by atoms with Crippen molar-refractivity contribution < 1.29 is 14.3 Å². The molecular weight excluding hydrogens is 402 g/mol. The van der Waals surface area contributed by atoms with E-state index in [-0.39, 0.29) is 33.9 Å². The van der Waals surface area contributed by atoms with E-state index in [9.17, 15) is 9.59 Å². The number of aromatic nitrogens is 6. The first-order valence-electron chi connectivity index (χ1n) is 8.13. The van der Waals surface area contributed by atoms with Gasteiger partial charge in [-0.25, -0.2) is 15.0 Å². The fourth-order valence-electron chi connectivity index (χ4n) is 2.37. The van der Waals surface area contributed by atoms with E-state index in [1.165, 1.54) is 43.8 Å². The van der Waals surface area contributed by atoms with Crippen molar-refractivity contribution in [3.63, 3.8) is 0 Å². The molecule has 3 aromatic heterocycles. The minimum Gasteiger partial charge on any atom is -0.479 e. The number of halogens is 1. The number of nitrogens with zero attached hydrogens (tertiary/aromatic N) is 6. The maximum atomic E-state index is 12.9. The van der Waals surface area contributed by atoms with E-state index in [0.717, 1.165) is 0 Å². The van der Waals surface area contributed by atoms with Crippen molar-refractivity contribution in [2.45, 2.75) is 0 Å². The van der Waals surface area contributed by atoms with Gasteiger partial charge in [-0.3, -0.25) is 14.3 Å². The van der Waals surface area contributed by atoms with Gasteiger partial charge >= 0.3 is 0 Å². The van der Waals surface area contributed by atoms with E-state index < -0.39 is 11.8 Å². The number of aryl methyl sites for hydroxylation is 1. The third kappa shape index (κ3) is 4.21. The lowest BCUT2D eigenvalue weighted by Gasteiger charge is -2.12. The summed E-state index contributed by atoms with van der Waals surface area (Å²) in [5.74, 6) is -1.00. The smallest absolute Gasteiger partial charge is 0.278 e. The third-order valence-electron chi connectivity index (χ3n) is 3.68. The molecule has 0 bridgehead atoms. The molecule has 3 rings (SSSR count). The fourth-order valence-corrected chi connectivity index (χ4v) is 2.58. The van der Waals surface area contributed by atoms with Crippen LogP contribution in [0.15, 0.2) is 24.9 Å². The number of hydrogen-bond donors (Lipinski definition) is 3. The molecule has 0 spiro atoms. The monoisotopic (exact) mass is 417 g/mol. The number of methoxy groups -OCH3 is 1. The summed E-state index contributed by atoms with van der Waals surface area (Å²) in [5, 5.41) is 11.9. The van der Waals surface area contributed by atoms with Crippen LogP contribution in [-0.2, 0) is 7.05 Å². The number of carbonyl (C=O) groups excluding carboxylic acids is 2. The Morgan fingerprint density at radius 1 is 1.14 bits per heavy atom. The number of carbonyl (C=O) groups is 2. The Bertz CT molecular complexity index is 1060. The summed E-state index contributed by atoms with van der Waals surface area (Å²) in [6.07, 6.45) is 5.68. The summed E-state index contributed by atoms with van der Waals surface area (Å²) in [4.78, 5) is 41.0. The highest BCUT2D eigenvalue weighted by molar-refractivity contribution is 6.31. The molecule has 13 heteroatoms. The van der Waals surface area contributed by atoms with Crippen molar-refractivity contribution in [2.24, 2.45) is 7.05 Å². The number of rotatable bonds is 6. The highest BCUT2D eigenvalue weighted by Gasteiger charge is 2.23. The lowest BCUT2D eigenvalue weighted by Crippen LogP contribution is -2.24. The first-order chi connectivity index (χ1) is 13.9. The summed E-state index contributed by atoms with van der Waals surface area (Å²) >= 11 is 6.05. The molecule has 29 heavy (non-hydrogen) atoms. The van der Waals surface area contributed by atoms with Crippen molar-refractivity contribution in [1.29, 1.82) is 0 Å². The fraction of sp³-hybridized carbons (Fsp3) is 0.188. The molecule has 0 unspecified atom stereocenters. The standard InChI is InChI=1S/C16H16ClN9O3/c1-18-15(28)11-9(6-21-26(11)2)23-14(27)10-13(22-8-4-19-7-20-5-8)25-16(29-3)12(17)24-10/h4-7H,1-3H3,(H,18,28)(H,22,25)(H,23,27). The lowest BCUT2D eigenvalue weighted by atomic mass is 10.3. The van der Waals surface area contributed by atoms with Gasteiger partial charge in [0.25, 0.3) is 17.7 Å². The normalized spacial score (nSPS) is 10.3. The molecule has 0 aliphatic rings. The van der Waals surface area contributed by atoms with E-state index in [0.29, 0.717) is 5.69 Å². The molecule has 0 atom stereocenters. The summed E-state index contributed by atoms with van der Waals surface area (Å²) < 4.78 is 6.40. The first kappa shape index (κ1) is 19.9. The van der Waals surface area contributed by atoms with Gasteiger partial charge in [0.05, 0.1) is 37.1 Å². The van der Waals surface area contributed by atoms with Crippen LogP contribution in [0, 0.1) is 0 Å². The van der Waals surface area contributed by atoms with Crippen molar-refractivity contribution in [2.75, 3.05) is 24.8 Å². The number of anilines is 3. The van der Waals surface area contributed by atoms with Crippen molar-refractivity contribution in [3.8, 4) is 5.88 Å². The zero-order chi connectivity index (χ0) is 21.0. The van der Waals surface area contributed by atoms with Crippen LogP contribution < -0.4 is 20.7 Å². The first-order valence-corrected chi connectivity index (χ1v) is 8.51. The zero-order valence-corrected chi connectivity index (χ0v) is 16.4. The second kappa shape index (κ2) is 8.48. The van der Waals surface area contributed by atoms with E-state index in [2.05, 4.69) is 41.0 Å². The largest absolute Gasteiger partial charge is 0.479 e. The molecule has 3 aromatic rings. The number of amides is 2. The van der Waals surface area contributed by atoms with Crippen LogP contribution in [0.1, 0.15) is 21.0 Å². The van der Waals surface area contributed by atoms with Gasteiger partial charge in [0, 0.05) is 14.1 Å². The van der Waals surface area contributed by atoms with Crippen LogP contribution in [0.5, 0.6) is 5.88 Å². The van der Waals surface area contributed by atoms with Gasteiger partial charge in [-0.05, 0) is 0 Å². The molecule has 0 radical (unpaired) electrons. The molecule has 150 valence electrons. The highest BCUT2D eigenvalue weighted by atomic mass is 35.5. The molecule has 3 N–H and O–H groups in total. The van der Waals surface area contributed by atoms with E-state index in [1.807, 2.05) is 0 Å². The van der Waals surface area contributed by atoms with E-state index in [4.69, 9.17) is 16.3 Å². The topological polar surface area (TPSA) is 149 Å². The lowest BCUT2D eigenvalue weighted by molar-refractivity contribution is 0.0954. The Morgan fingerprint density at radius 2 is 1.86 bits per heavy atom. The predicted molar refractivity (Wildman–Crippen MR) is 103 cm³/mol. The quantitative estimate of drug-likeness (QED) is 0.534. The molecule has 0 saturated carbocycles. The summed E-state index contributed by atoms with van der Waals surface area (Å²) in [6.45, 7) is 0. The SMILES string of the molecule is CNC(=O)c1c(NC(=O)c2nc(Cl)c(OC)nc2Nc2cncnc2)cnn1C. The minimum absolute atomic E-state index is 0.0231. The van der Waals surface area contributed by atoms with Crippen LogP contribution in [0.4, 0.5) is 17.2 Å². The van der Waals surface area contributed by atoms with Crippen LogP contribution in [-0.4, -0.2) is 55.7 Å². The van der Waals surface area contributed by atoms with Crippen LogP contribution in [0.3, 0.4) is 0 Å². The molecule has 0 aliphatic carbocycles. The Balaban J connectivity index is 1.98. The Hall–Kier alpha value is -3.80. The second-order valence-corrected chi connectivity index (χ2v) is 5.89. The average molecular weight is 418 g/mol. The Morgan fingerprint density at radius 3 is 2.52 bits per heavy atom. The summed E-state index contributed by atoms with van der Waals surface area (Å²) in [7, 11) is 4.42. The summed E-state index contributed by atoms with van der Waals surface area (Å²) in [6, 6.07) is 0. The van der Waals surface area contributed by atoms with E-state index in [1.54, 1.807) is 7.05 Å². The summed E-state index contributed by atoms with van der Waals surface area (Å²) in [5.41, 5.74) is 0.693. The second-order valence-electron chi connectivity index (χ2n) is 5.54. The number of hydrogen-bond acceptors (Lipinski definition) is 9. The minimum atomic E-state index is -0.667. The van der Waals surface area contributed by atoms with Gasteiger partial charge in [-0.2, -0.15) is 10.1 Å². The van der Waals surface area contributed by atoms with Crippen LogP contribution >= 0.6 is 11.6 Å². The predicted octanol–water partition coefficient (Wildman–Crippen LogP) is 1.02. The highest BCUT2D eigenvalue weighted by Crippen LogP contribution is 2.27. The molecule has 3 heterocycles.